The van der Waals surface area contributed by atoms with Gasteiger partial charge in [0.1, 0.15) is 0 Å². The van der Waals surface area contributed by atoms with Gasteiger partial charge in [0.05, 0.1) is 50.6 Å². The number of pyridine rings is 6. The van der Waals surface area contributed by atoms with E-state index in [0.29, 0.717) is 0 Å². The van der Waals surface area contributed by atoms with Gasteiger partial charge in [-0.05, 0) is 164 Å². The van der Waals surface area contributed by atoms with Gasteiger partial charge in [-0.1, -0.05) is 275 Å². The summed E-state index contributed by atoms with van der Waals surface area (Å²) in [7, 11) is 0. The summed E-state index contributed by atoms with van der Waals surface area (Å²) in [6.45, 7) is 34.8. The molecule has 0 fully saturated rings. The molecule has 19 heteroatoms. The minimum Gasteiger partial charge on any atom is -0.512 e. The summed E-state index contributed by atoms with van der Waals surface area (Å²) < 4.78 is 0. The van der Waals surface area contributed by atoms with Gasteiger partial charge in [-0.3, -0.25) is 44.1 Å². The first-order valence-corrected chi connectivity index (χ1v) is 45.3. The number of hydrogen-bond acceptors (Lipinski definition) is 14. The van der Waals surface area contributed by atoms with Gasteiger partial charge >= 0.3 is 0 Å². The van der Waals surface area contributed by atoms with E-state index in [9.17, 15) is 19.2 Å². The van der Waals surface area contributed by atoms with Crippen molar-refractivity contribution in [1.29, 1.82) is 0 Å². The molecule has 0 bridgehead atoms. The van der Waals surface area contributed by atoms with E-state index in [4.69, 9.17) is 45.3 Å². The van der Waals surface area contributed by atoms with E-state index < -0.39 is 0 Å². The maximum atomic E-state index is 10.0. The fraction of sp³-hybridized carbons (Fsp3) is 0.161. The van der Waals surface area contributed by atoms with Crippen molar-refractivity contribution in [3.05, 3.63) is 454 Å². The molecule has 0 atom stereocenters. The predicted molar refractivity (Wildman–Crippen MR) is 567 cm³/mol. The van der Waals surface area contributed by atoms with Crippen LogP contribution >= 0.6 is 0 Å². The number of fused-ring (bicyclic) bond motifs is 8. The second kappa shape index (κ2) is 59.1. The molecule has 0 unspecified atom stereocenters. The molecular weight excluding hydrogens is 2660 g/mol. The van der Waals surface area contributed by atoms with Gasteiger partial charge in [0, 0.05) is 131 Å². The van der Waals surface area contributed by atoms with Crippen molar-refractivity contribution in [1.82, 2.24) is 29.9 Å². The predicted octanol–water partition coefficient (Wildman–Crippen LogP) is 30.3. The monoisotopic (exact) mass is 2780 g/mol. The number of aromatic nitrogens is 6. The van der Waals surface area contributed by atoms with E-state index >= 15 is 0 Å². The minimum atomic E-state index is -0.125. The third kappa shape index (κ3) is 37.3. The molecule has 6 heterocycles. The number of para-hydroxylation sites is 5. The van der Waals surface area contributed by atoms with Crippen LogP contribution in [0.5, 0.6) is 0 Å². The van der Waals surface area contributed by atoms with Crippen molar-refractivity contribution < 1.29 is 140 Å². The molecule has 741 valence electrons. The quantitative estimate of drug-likeness (QED) is 0.0568. The zero-order chi connectivity index (χ0) is 99.7. The molecular formula is C124H116Ir5N6O8-6. The van der Waals surface area contributed by atoms with Gasteiger partial charge in [0.15, 0.2) is 23.1 Å². The van der Waals surface area contributed by atoms with Crippen LogP contribution in [-0.4, -0.2) is 73.5 Å². The van der Waals surface area contributed by atoms with E-state index in [-0.39, 0.29) is 152 Å². The first kappa shape index (κ1) is 120. The second-order valence-electron chi connectivity index (χ2n) is 34.2. The van der Waals surface area contributed by atoms with Crippen LogP contribution < -0.4 is 0 Å². The van der Waals surface area contributed by atoms with E-state index in [1.165, 1.54) is 157 Å². The molecule has 6 aromatic heterocycles. The Morgan fingerprint density at radius 3 is 1.01 bits per heavy atom. The maximum Gasteiger partial charge on any atom is 0.155 e. The number of carbonyl (C=O) groups is 4. The van der Waals surface area contributed by atoms with Crippen LogP contribution in [0.1, 0.15) is 130 Å². The molecule has 1 aliphatic carbocycles. The molecule has 14 nitrogen and oxygen atoms in total. The molecule has 0 amide bonds. The van der Waals surface area contributed by atoms with Crippen LogP contribution in [0.15, 0.2) is 357 Å². The molecule has 12 aromatic carbocycles. The van der Waals surface area contributed by atoms with Gasteiger partial charge in [-0.2, -0.15) is 0 Å². The van der Waals surface area contributed by atoms with Crippen LogP contribution in [0, 0.1) is 98.7 Å². The summed E-state index contributed by atoms with van der Waals surface area (Å²) in [5, 5.41) is 39.3. The Bertz CT molecular complexity index is 7160. The minimum absolute atomic E-state index is 0. The fourth-order valence-electron chi connectivity index (χ4n) is 15.3. The fourth-order valence-corrected chi connectivity index (χ4v) is 15.3. The van der Waals surface area contributed by atoms with Gasteiger partial charge in [0.2, 0.25) is 0 Å². The maximum absolute atomic E-state index is 10.0. The Labute approximate surface area is 909 Å². The van der Waals surface area contributed by atoms with Crippen molar-refractivity contribution in [3.8, 4) is 78.7 Å². The van der Waals surface area contributed by atoms with Gasteiger partial charge < -0.3 is 25.4 Å². The topological polar surface area (TPSA) is 227 Å². The molecule has 4 N–H and O–H groups in total. The van der Waals surface area contributed by atoms with Crippen LogP contribution in [0.2, 0.25) is 0 Å². The summed E-state index contributed by atoms with van der Waals surface area (Å²) in [4.78, 5) is 68.0. The summed E-state index contributed by atoms with van der Waals surface area (Å²) in [5.74, 6) is -0.250. The molecule has 5 radical (unpaired) electrons. The first-order valence-electron chi connectivity index (χ1n) is 45.3. The number of carbonyl (C=O) groups excluding carboxylic acids is 4. The van der Waals surface area contributed by atoms with Crippen molar-refractivity contribution in [2.24, 2.45) is 0 Å². The molecule has 19 rings (SSSR count). The van der Waals surface area contributed by atoms with Crippen LogP contribution in [-0.2, 0) is 125 Å². The smallest absolute Gasteiger partial charge is 0.155 e. The van der Waals surface area contributed by atoms with Crippen molar-refractivity contribution in [2.45, 2.75) is 137 Å². The van der Waals surface area contributed by atoms with Gasteiger partial charge in [0.25, 0.3) is 0 Å². The Morgan fingerprint density at radius 2 is 0.636 bits per heavy atom. The van der Waals surface area contributed by atoms with E-state index in [1.54, 1.807) is 6.20 Å². The van der Waals surface area contributed by atoms with Crippen LogP contribution in [0.3, 0.4) is 0 Å². The molecule has 18 aromatic rings. The number of aryl methyl sites for hydroxylation is 8. The summed E-state index contributed by atoms with van der Waals surface area (Å²) in [6, 6.07) is 124. The largest absolute Gasteiger partial charge is 0.512 e. The standard InChI is InChI=1S/C24H18N.C18H16N.3C17H14N.C11H8N.4C5H8O2.5Ir/c1-24(2)20-9-5-4-8-18(20)19-13-11-17(15-21(19)24)23-14-12-16-7-3-6-10-22(16)25-23;1-12-10-13(2)14(3)16(11-12)18-9-8-15-6-4-5-7-17(15)19-18;2*1-12-9-13(2)11-15(10-12)17-8-7-14-5-3-4-6-16(14)18-17;1-12-7-8-13(2)15(11-12)17-10-9-14-5-3-4-6-16(14)18-17;1-2-6-10(7-3-1)11-8-4-5-9-12-11;4*1-4(6)3-5(2)7;;;;;/h3-10,12-15H,1-2H3;4-10H,1-3H3;3*3-10H,1-2H3;1-6,8-9H;4*3,6H,1-2H3;;;;;/q6*-1;;;;;;;;;. The summed E-state index contributed by atoms with van der Waals surface area (Å²) >= 11 is 0. The normalized spacial score (nSPS) is 11.1. The number of ketones is 4. The van der Waals surface area contributed by atoms with E-state index in [1.807, 2.05) is 121 Å². The Balaban J connectivity index is 0.000000287. The van der Waals surface area contributed by atoms with Gasteiger partial charge in [-0.15, -0.1) is 204 Å². The number of nitrogens with zero attached hydrogens (tertiary/aromatic N) is 6. The van der Waals surface area contributed by atoms with Gasteiger partial charge in [-0.25, -0.2) is 0 Å². The summed E-state index contributed by atoms with van der Waals surface area (Å²) in [6.07, 6.45) is 6.45. The zero-order valence-electron chi connectivity index (χ0n) is 83.5. The second-order valence-corrected chi connectivity index (χ2v) is 34.2. The zero-order valence-corrected chi connectivity index (χ0v) is 95.5. The summed E-state index contributed by atoms with van der Waals surface area (Å²) in [5.41, 5.74) is 33.8. The number of rotatable bonds is 10. The number of hydrogen-bond donors (Lipinski definition) is 4. The van der Waals surface area contributed by atoms with Crippen molar-refractivity contribution >= 4 is 77.6 Å². The molecule has 0 saturated carbocycles. The van der Waals surface area contributed by atoms with Crippen LogP contribution in [0.4, 0.5) is 0 Å². The molecule has 1 aliphatic rings. The number of aliphatic hydroxyl groups is 4. The first-order chi connectivity index (χ1) is 65.9. The number of aliphatic hydroxyl groups excluding tert-OH is 4. The third-order valence-corrected chi connectivity index (χ3v) is 21.5. The SMILES string of the molecule is CC(=O)C=C(C)O.CC(=O)C=C(C)O.CC(=O)C=C(C)O.CC(=O)C=C(C)O.CC1(C)c2ccccc2-c2c[c-]c(-c3ccc4ccccc4n3)cc21.Cc1[c-]c(-c2ccc3ccccc3n2)c(C)c(C)c1.Cc1[c-]c(-c2ccc3ccccc3n2)c(C)cc1.Cc1[c-]c(-c2ccc3ccccc3n2)cc(C)c1.Cc1[c-]c(-c2ccc3ccccc3n2)cc(C)c1.[Ir].[Ir].[Ir].[Ir].[Ir].[c-]1ccccc1-c1ccccn1. The Morgan fingerprint density at radius 1 is 0.287 bits per heavy atom. The van der Waals surface area contributed by atoms with E-state index in [0.717, 1.165) is 117 Å². The van der Waals surface area contributed by atoms with Crippen molar-refractivity contribution in [3.63, 3.8) is 0 Å². The Hall–Kier alpha value is -13.1. The van der Waals surface area contributed by atoms with E-state index in [2.05, 4.69) is 300 Å². The average molecular weight is 2780 g/mol. The number of benzene rings is 12. The molecule has 0 spiro atoms. The Kier molecular flexibility index (Phi) is 49.8. The number of allylic oxidation sites excluding steroid dienone is 8. The average Bonchev–Trinajstić information content (AvgIpc) is 1.58. The molecule has 0 saturated heterocycles. The molecule has 143 heavy (non-hydrogen) atoms. The third-order valence-electron chi connectivity index (χ3n) is 21.5. The van der Waals surface area contributed by atoms with Crippen molar-refractivity contribution in [2.75, 3.05) is 0 Å². The van der Waals surface area contributed by atoms with Crippen LogP contribution in [0.25, 0.3) is 133 Å². The molecule has 0 aliphatic heterocycles.